The Morgan fingerprint density at radius 1 is 1.40 bits per heavy atom. The Morgan fingerprint density at radius 2 is 2.00 bits per heavy atom. The molecule has 0 atom stereocenters. The van der Waals surface area contributed by atoms with E-state index in [1.54, 1.807) is 32.0 Å². The van der Waals surface area contributed by atoms with E-state index in [1.807, 2.05) is 0 Å². The summed E-state index contributed by atoms with van der Waals surface area (Å²) in [5.74, 6) is 0. The molecule has 4 nitrogen and oxygen atoms in total. The third-order valence-corrected chi connectivity index (χ3v) is 4.13. The number of anilines is 2. The van der Waals surface area contributed by atoms with Crippen LogP contribution in [-0.2, 0) is 10.0 Å². The van der Waals surface area contributed by atoms with E-state index in [0.29, 0.717) is 11.4 Å². The predicted octanol–water partition coefficient (Wildman–Crippen LogP) is 2.18. The maximum absolute atomic E-state index is 11.6. The monoisotopic (exact) mass is 292 g/mol. The fourth-order valence-corrected chi connectivity index (χ4v) is 2.00. The van der Waals surface area contributed by atoms with E-state index in [2.05, 4.69) is 20.7 Å². The number of halogens is 1. The molecule has 6 heteroatoms. The van der Waals surface area contributed by atoms with E-state index >= 15 is 0 Å². The van der Waals surface area contributed by atoms with Crippen LogP contribution in [0.4, 0.5) is 11.4 Å². The van der Waals surface area contributed by atoms with Gasteiger partial charge in [-0.05, 0) is 32.0 Å². The molecule has 0 radical (unpaired) electrons. The molecule has 3 N–H and O–H groups in total. The molecule has 0 saturated heterocycles. The Kier molecular flexibility index (Phi) is 3.62. The van der Waals surface area contributed by atoms with Gasteiger partial charge in [0.05, 0.1) is 16.6 Å². The van der Waals surface area contributed by atoms with Gasteiger partial charge < -0.3 is 5.73 Å². The zero-order chi connectivity index (χ0) is 11.6. The summed E-state index contributed by atoms with van der Waals surface area (Å²) in [6, 6.07) is 5.01. The third kappa shape index (κ3) is 3.10. The summed E-state index contributed by atoms with van der Waals surface area (Å²) in [5.41, 5.74) is 6.48. The van der Waals surface area contributed by atoms with E-state index in [1.165, 1.54) is 0 Å². The molecule has 1 aromatic carbocycles. The van der Waals surface area contributed by atoms with Crippen LogP contribution in [-0.4, -0.2) is 13.7 Å². The van der Waals surface area contributed by atoms with E-state index < -0.39 is 15.3 Å². The number of nitrogens with one attached hydrogen (secondary N) is 1. The molecular weight excluding hydrogens is 280 g/mol. The summed E-state index contributed by atoms with van der Waals surface area (Å²) in [4.78, 5) is 0. The number of nitrogens with two attached hydrogens (primary N) is 1. The van der Waals surface area contributed by atoms with Crippen molar-refractivity contribution in [2.24, 2.45) is 0 Å². The Hall–Kier alpha value is -0.750. The molecule has 0 spiro atoms. The number of sulfonamides is 1. The van der Waals surface area contributed by atoms with E-state index in [0.717, 1.165) is 4.47 Å². The highest BCUT2D eigenvalue weighted by Gasteiger charge is 2.16. The van der Waals surface area contributed by atoms with Crippen molar-refractivity contribution in [1.82, 2.24) is 0 Å². The van der Waals surface area contributed by atoms with Gasteiger partial charge in [0.15, 0.2) is 0 Å². The molecule has 0 saturated carbocycles. The van der Waals surface area contributed by atoms with Crippen LogP contribution in [0.5, 0.6) is 0 Å². The van der Waals surface area contributed by atoms with Gasteiger partial charge in [-0.1, -0.05) is 15.9 Å². The largest absolute Gasteiger partial charge is 0.397 e. The van der Waals surface area contributed by atoms with Gasteiger partial charge in [0, 0.05) is 4.47 Å². The standard InChI is InChI=1S/C9H13BrN2O2S/c1-6(2)15(13,14)12-9-4-3-7(10)5-8(9)11/h3-6,12H,11H2,1-2H3. The molecule has 0 unspecified atom stereocenters. The molecule has 0 heterocycles. The van der Waals surface area contributed by atoms with Crippen LogP contribution >= 0.6 is 15.9 Å². The van der Waals surface area contributed by atoms with E-state index in [9.17, 15) is 8.42 Å². The molecule has 0 amide bonds. The van der Waals surface area contributed by atoms with Crippen molar-refractivity contribution in [2.75, 3.05) is 10.5 Å². The highest BCUT2D eigenvalue weighted by atomic mass is 79.9. The van der Waals surface area contributed by atoms with Crippen LogP contribution < -0.4 is 10.5 Å². The van der Waals surface area contributed by atoms with E-state index in [4.69, 9.17) is 5.73 Å². The zero-order valence-corrected chi connectivity index (χ0v) is 10.9. The first-order valence-corrected chi connectivity index (χ1v) is 6.73. The van der Waals surface area contributed by atoms with Gasteiger partial charge in [-0.15, -0.1) is 0 Å². The van der Waals surface area contributed by atoms with Gasteiger partial charge in [-0.3, -0.25) is 4.72 Å². The molecule has 0 aliphatic rings. The molecule has 0 aliphatic heterocycles. The molecule has 1 rings (SSSR count). The lowest BCUT2D eigenvalue weighted by atomic mass is 10.3. The van der Waals surface area contributed by atoms with Crippen molar-refractivity contribution >= 4 is 37.3 Å². The fourth-order valence-electron chi connectivity index (χ4n) is 0.898. The maximum Gasteiger partial charge on any atom is 0.235 e. The molecule has 0 fully saturated rings. The fraction of sp³-hybridized carbons (Fsp3) is 0.333. The van der Waals surface area contributed by atoms with Gasteiger partial charge in [-0.25, -0.2) is 8.42 Å². The number of rotatable bonds is 3. The average Bonchev–Trinajstić information content (AvgIpc) is 2.09. The second-order valence-electron chi connectivity index (χ2n) is 3.43. The molecule has 84 valence electrons. The topological polar surface area (TPSA) is 72.2 Å². The molecule has 15 heavy (non-hydrogen) atoms. The van der Waals surface area contributed by atoms with Crippen molar-refractivity contribution in [3.8, 4) is 0 Å². The molecule has 0 bridgehead atoms. The smallest absolute Gasteiger partial charge is 0.235 e. The highest BCUT2D eigenvalue weighted by molar-refractivity contribution is 9.10. The Labute approximate surface area is 98.0 Å². The van der Waals surface area contributed by atoms with Gasteiger partial charge in [0.25, 0.3) is 0 Å². The summed E-state index contributed by atoms with van der Waals surface area (Å²) >= 11 is 3.25. The minimum atomic E-state index is -3.33. The molecule has 1 aromatic rings. The summed E-state index contributed by atoms with van der Waals surface area (Å²) in [5, 5.41) is -0.486. The molecule has 0 aromatic heterocycles. The number of benzene rings is 1. The first-order valence-electron chi connectivity index (χ1n) is 4.39. The van der Waals surface area contributed by atoms with Gasteiger partial charge in [0.2, 0.25) is 10.0 Å². The number of hydrogen-bond acceptors (Lipinski definition) is 3. The van der Waals surface area contributed by atoms with Crippen molar-refractivity contribution in [3.63, 3.8) is 0 Å². The summed E-state index contributed by atoms with van der Waals surface area (Å²) < 4.78 is 26.4. The summed E-state index contributed by atoms with van der Waals surface area (Å²) in [6.45, 7) is 3.22. The first-order chi connectivity index (χ1) is 6.83. The second kappa shape index (κ2) is 4.40. The predicted molar refractivity (Wildman–Crippen MR) is 66.2 cm³/mol. The van der Waals surface area contributed by atoms with Gasteiger partial charge >= 0.3 is 0 Å². The Morgan fingerprint density at radius 3 is 2.47 bits per heavy atom. The Bertz CT molecular complexity index is 457. The van der Waals surface area contributed by atoms with Crippen molar-refractivity contribution < 1.29 is 8.42 Å². The van der Waals surface area contributed by atoms with Crippen molar-refractivity contribution in [3.05, 3.63) is 22.7 Å². The quantitative estimate of drug-likeness (QED) is 0.839. The zero-order valence-electron chi connectivity index (χ0n) is 8.49. The van der Waals surface area contributed by atoms with E-state index in [-0.39, 0.29) is 0 Å². The summed E-state index contributed by atoms with van der Waals surface area (Å²) in [7, 11) is -3.33. The average molecular weight is 293 g/mol. The van der Waals surface area contributed by atoms with Crippen molar-refractivity contribution in [1.29, 1.82) is 0 Å². The van der Waals surface area contributed by atoms with Crippen LogP contribution in [0.25, 0.3) is 0 Å². The van der Waals surface area contributed by atoms with Crippen LogP contribution in [0.15, 0.2) is 22.7 Å². The molecular formula is C9H13BrN2O2S. The second-order valence-corrected chi connectivity index (χ2v) is 6.58. The maximum atomic E-state index is 11.6. The van der Waals surface area contributed by atoms with Gasteiger partial charge in [0.1, 0.15) is 0 Å². The minimum absolute atomic E-state index is 0.397. The lowest BCUT2D eigenvalue weighted by molar-refractivity contribution is 0.593. The van der Waals surface area contributed by atoms with Crippen molar-refractivity contribution in [2.45, 2.75) is 19.1 Å². The normalized spacial score (nSPS) is 11.7. The Balaban J connectivity index is 3.01. The van der Waals surface area contributed by atoms with Crippen LogP contribution in [0.3, 0.4) is 0 Å². The molecule has 0 aliphatic carbocycles. The van der Waals surface area contributed by atoms with Crippen LogP contribution in [0.2, 0.25) is 0 Å². The summed E-state index contributed by atoms with van der Waals surface area (Å²) in [6.07, 6.45) is 0. The highest BCUT2D eigenvalue weighted by Crippen LogP contribution is 2.24. The first kappa shape index (κ1) is 12.3. The van der Waals surface area contributed by atoms with Crippen LogP contribution in [0, 0.1) is 0 Å². The van der Waals surface area contributed by atoms with Crippen LogP contribution in [0.1, 0.15) is 13.8 Å². The SMILES string of the molecule is CC(C)S(=O)(=O)Nc1ccc(Br)cc1N. The lowest BCUT2D eigenvalue weighted by Gasteiger charge is -2.12. The number of hydrogen-bond donors (Lipinski definition) is 2. The number of nitrogen functional groups attached to an aromatic ring is 1. The minimum Gasteiger partial charge on any atom is -0.397 e. The van der Waals surface area contributed by atoms with Gasteiger partial charge in [-0.2, -0.15) is 0 Å². The lowest BCUT2D eigenvalue weighted by Crippen LogP contribution is -2.22. The third-order valence-electron chi connectivity index (χ3n) is 1.89.